The van der Waals surface area contributed by atoms with Gasteiger partial charge in [0.05, 0.1) is 6.61 Å². The van der Waals surface area contributed by atoms with Gasteiger partial charge in [-0.15, -0.1) is 0 Å². The fourth-order valence-electron chi connectivity index (χ4n) is 2.51. The summed E-state index contributed by atoms with van der Waals surface area (Å²) in [4.78, 5) is 0. The van der Waals surface area contributed by atoms with Gasteiger partial charge in [0.15, 0.2) is 0 Å². The van der Waals surface area contributed by atoms with Crippen LogP contribution >= 0.6 is 0 Å². The molecule has 2 nitrogen and oxygen atoms in total. The highest BCUT2D eigenvalue weighted by Gasteiger charge is 2.08. The van der Waals surface area contributed by atoms with Crippen molar-refractivity contribution in [3.05, 3.63) is 48.0 Å². The van der Waals surface area contributed by atoms with Crippen LogP contribution in [0.3, 0.4) is 0 Å². The summed E-state index contributed by atoms with van der Waals surface area (Å²) in [5.41, 5.74) is 1.36. The van der Waals surface area contributed by atoms with Crippen molar-refractivity contribution in [3.8, 4) is 0 Å². The first-order valence-corrected chi connectivity index (χ1v) is 7.97. The van der Waals surface area contributed by atoms with Crippen molar-refractivity contribution in [2.24, 2.45) is 5.92 Å². The summed E-state index contributed by atoms with van der Waals surface area (Å²) in [6.07, 6.45) is 1.14. The fourth-order valence-corrected chi connectivity index (χ4v) is 2.51. The van der Waals surface area contributed by atoms with E-state index in [1.54, 1.807) is 0 Å². The van der Waals surface area contributed by atoms with Crippen LogP contribution in [0, 0.1) is 5.92 Å². The number of nitrogens with one attached hydrogen (secondary N) is 1. The van der Waals surface area contributed by atoms with Crippen molar-refractivity contribution in [1.29, 1.82) is 0 Å². The van der Waals surface area contributed by atoms with Crippen molar-refractivity contribution < 1.29 is 4.74 Å². The first-order valence-electron chi connectivity index (χ1n) is 7.97. The molecule has 114 valence electrons. The molecular weight excluding hydrogens is 258 g/mol. The van der Waals surface area contributed by atoms with E-state index in [9.17, 15) is 0 Å². The van der Waals surface area contributed by atoms with E-state index in [1.807, 2.05) is 0 Å². The van der Waals surface area contributed by atoms with Crippen LogP contribution in [0.25, 0.3) is 10.8 Å². The Kier molecular flexibility index (Phi) is 6.21. The molecule has 2 aromatic rings. The third kappa shape index (κ3) is 4.83. The Morgan fingerprint density at radius 3 is 2.52 bits per heavy atom. The van der Waals surface area contributed by atoms with Crippen LogP contribution in [0.2, 0.25) is 0 Å². The molecule has 1 atom stereocenters. The smallest absolute Gasteiger partial charge is 0.0591 e. The van der Waals surface area contributed by atoms with Gasteiger partial charge in [0, 0.05) is 19.2 Å². The van der Waals surface area contributed by atoms with Crippen LogP contribution in [0.15, 0.2) is 42.5 Å². The van der Waals surface area contributed by atoms with Gasteiger partial charge >= 0.3 is 0 Å². The monoisotopic (exact) mass is 285 g/mol. The minimum atomic E-state index is 0.338. The number of hydrogen-bond acceptors (Lipinski definition) is 2. The Morgan fingerprint density at radius 1 is 0.952 bits per heavy atom. The summed E-state index contributed by atoms with van der Waals surface area (Å²) in [7, 11) is 0. The first kappa shape index (κ1) is 16.0. The first-order chi connectivity index (χ1) is 10.2. The predicted molar refractivity (Wildman–Crippen MR) is 90.6 cm³/mol. The second-order valence-corrected chi connectivity index (χ2v) is 6.04. The Bertz CT molecular complexity index is 545. The molecule has 0 fully saturated rings. The maximum Gasteiger partial charge on any atom is 0.0591 e. The van der Waals surface area contributed by atoms with Gasteiger partial charge in [0.2, 0.25) is 0 Å². The Balaban J connectivity index is 1.84. The zero-order valence-corrected chi connectivity index (χ0v) is 13.4. The molecule has 2 rings (SSSR count). The van der Waals surface area contributed by atoms with E-state index in [4.69, 9.17) is 4.74 Å². The molecule has 0 aromatic heterocycles. The predicted octanol–water partition coefficient (Wildman–Crippen LogP) is 4.55. The molecule has 0 saturated carbocycles. The molecule has 1 unspecified atom stereocenters. The zero-order valence-electron chi connectivity index (χ0n) is 13.4. The van der Waals surface area contributed by atoms with E-state index in [0.29, 0.717) is 12.0 Å². The normalized spacial score (nSPS) is 13.0. The number of ether oxygens (including phenoxy) is 1. The van der Waals surface area contributed by atoms with Gasteiger partial charge in [0.25, 0.3) is 0 Å². The second-order valence-electron chi connectivity index (χ2n) is 6.04. The molecule has 2 aromatic carbocycles. The number of hydrogen-bond donors (Lipinski definition) is 1. The highest BCUT2D eigenvalue weighted by Crippen LogP contribution is 2.23. The Morgan fingerprint density at radius 2 is 1.71 bits per heavy atom. The second kappa shape index (κ2) is 8.16. The van der Waals surface area contributed by atoms with Crippen LogP contribution in [0.5, 0.6) is 0 Å². The van der Waals surface area contributed by atoms with Gasteiger partial charge in [-0.2, -0.15) is 0 Å². The lowest BCUT2D eigenvalue weighted by Gasteiger charge is -2.17. The minimum absolute atomic E-state index is 0.338. The molecule has 0 aliphatic carbocycles. The topological polar surface area (TPSA) is 21.3 Å². The molecule has 0 radical (unpaired) electrons. The van der Waals surface area contributed by atoms with Crippen molar-refractivity contribution in [1.82, 2.24) is 5.32 Å². The summed E-state index contributed by atoms with van der Waals surface area (Å²) < 4.78 is 5.66. The quantitative estimate of drug-likeness (QED) is 0.718. The van der Waals surface area contributed by atoms with Gasteiger partial charge in [-0.3, -0.25) is 0 Å². The number of fused-ring (bicyclic) bond motifs is 1. The highest BCUT2D eigenvalue weighted by molar-refractivity contribution is 5.86. The number of benzene rings is 2. The van der Waals surface area contributed by atoms with E-state index < -0.39 is 0 Å². The van der Waals surface area contributed by atoms with Crippen molar-refractivity contribution in [2.45, 2.75) is 33.2 Å². The third-order valence-electron chi connectivity index (χ3n) is 3.83. The zero-order chi connectivity index (χ0) is 15.1. The summed E-state index contributed by atoms with van der Waals surface area (Å²) in [5.74, 6) is 0.715. The van der Waals surface area contributed by atoms with E-state index in [1.165, 1.54) is 16.3 Å². The van der Waals surface area contributed by atoms with Crippen molar-refractivity contribution in [2.75, 3.05) is 19.8 Å². The Labute approximate surface area is 128 Å². The molecule has 21 heavy (non-hydrogen) atoms. The highest BCUT2D eigenvalue weighted by atomic mass is 16.5. The van der Waals surface area contributed by atoms with Gasteiger partial charge in [-0.05, 0) is 35.6 Å². The van der Waals surface area contributed by atoms with E-state index >= 15 is 0 Å². The van der Waals surface area contributed by atoms with Gasteiger partial charge in [-0.1, -0.05) is 56.3 Å². The maximum absolute atomic E-state index is 5.66. The number of rotatable bonds is 8. The van der Waals surface area contributed by atoms with Crippen LogP contribution < -0.4 is 5.32 Å². The van der Waals surface area contributed by atoms with Crippen molar-refractivity contribution >= 4 is 10.8 Å². The van der Waals surface area contributed by atoms with Crippen molar-refractivity contribution in [3.63, 3.8) is 0 Å². The average Bonchev–Trinajstić information content (AvgIpc) is 2.49. The van der Waals surface area contributed by atoms with Crippen LogP contribution in [0.1, 0.15) is 38.8 Å². The summed E-state index contributed by atoms with van der Waals surface area (Å²) >= 11 is 0. The lowest BCUT2D eigenvalue weighted by atomic mass is 10.00. The molecule has 0 amide bonds. The van der Waals surface area contributed by atoms with E-state index in [2.05, 4.69) is 68.6 Å². The van der Waals surface area contributed by atoms with Crippen LogP contribution in [-0.4, -0.2) is 19.8 Å². The summed E-state index contributed by atoms with van der Waals surface area (Å²) in [5, 5.41) is 6.19. The largest absolute Gasteiger partial charge is 0.380 e. The molecule has 0 heterocycles. The summed E-state index contributed by atoms with van der Waals surface area (Å²) in [6, 6.07) is 15.4. The molecular formula is C19H27NO. The third-order valence-corrected chi connectivity index (χ3v) is 3.83. The molecule has 0 spiro atoms. The van der Waals surface area contributed by atoms with Gasteiger partial charge in [0.1, 0.15) is 0 Å². The standard InChI is InChI=1S/C19H27NO/c1-15(2)11-13-21-14-12-20-16(3)18-10-6-8-17-7-4-5-9-19(17)18/h4-10,15-16,20H,11-14H2,1-3H3. The molecule has 0 saturated heterocycles. The Hall–Kier alpha value is -1.38. The molecule has 0 bridgehead atoms. The summed E-state index contributed by atoms with van der Waals surface area (Å²) in [6.45, 7) is 9.20. The fraction of sp³-hybridized carbons (Fsp3) is 0.474. The average molecular weight is 285 g/mol. The maximum atomic E-state index is 5.66. The SMILES string of the molecule is CC(C)CCOCCNC(C)c1cccc2ccccc12. The lowest BCUT2D eigenvalue weighted by Crippen LogP contribution is -2.23. The van der Waals surface area contributed by atoms with Crippen LogP contribution in [0.4, 0.5) is 0 Å². The minimum Gasteiger partial charge on any atom is -0.380 e. The van der Waals surface area contributed by atoms with Gasteiger partial charge in [-0.25, -0.2) is 0 Å². The molecule has 1 N–H and O–H groups in total. The van der Waals surface area contributed by atoms with E-state index in [-0.39, 0.29) is 0 Å². The lowest BCUT2D eigenvalue weighted by molar-refractivity contribution is 0.124. The molecule has 0 aliphatic heterocycles. The molecule has 2 heteroatoms. The van der Waals surface area contributed by atoms with Crippen LogP contribution in [-0.2, 0) is 4.74 Å². The van der Waals surface area contributed by atoms with Gasteiger partial charge < -0.3 is 10.1 Å². The van der Waals surface area contributed by atoms with E-state index in [0.717, 1.165) is 26.2 Å². The molecule has 0 aliphatic rings.